The summed E-state index contributed by atoms with van der Waals surface area (Å²) in [6.45, 7) is 0.942. The van der Waals surface area contributed by atoms with E-state index in [1.54, 1.807) is 7.11 Å². The average molecular weight is 221 g/mol. The van der Waals surface area contributed by atoms with Gasteiger partial charge in [0, 0.05) is 31.9 Å². The molecule has 2 saturated carbocycles. The van der Waals surface area contributed by atoms with Gasteiger partial charge in [-0.05, 0) is 25.7 Å². The molecule has 4 heteroatoms. The molecule has 0 unspecified atom stereocenters. The zero-order valence-electron chi connectivity index (χ0n) is 9.72. The second kappa shape index (κ2) is 4.18. The Hall–Kier alpha value is -0.870. The van der Waals surface area contributed by atoms with E-state index in [0.29, 0.717) is 12.1 Å². The van der Waals surface area contributed by atoms with Crippen molar-refractivity contribution in [3.63, 3.8) is 0 Å². The molecule has 1 aromatic rings. The summed E-state index contributed by atoms with van der Waals surface area (Å²) in [5.41, 5.74) is 1.32. The number of nitrogens with zero attached hydrogens (tertiary/aromatic N) is 2. The Kier molecular flexibility index (Phi) is 2.69. The van der Waals surface area contributed by atoms with Crippen LogP contribution in [0.1, 0.15) is 37.4 Å². The van der Waals surface area contributed by atoms with Crippen molar-refractivity contribution < 1.29 is 4.74 Å². The molecule has 0 atom stereocenters. The lowest BCUT2D eigenvalue weighted by atomic mass is 9.89. The van der Waals surface area contributed by atoms with Crippen molar-refractivity contribution in [3.05, 3.63) is 18.2 Å². The molecule has 4 nitrogen and oxygen atoms in total. The van der Waals surface area contributed by atoms with Crippen LogP contribution in [0.15, 0.2) is 12.5 Å². The number of hydrogen-bond donors (Lipinski definition) is 1. The fraction of sp³-hybridized carbons (Fsp3) is 0.750. The van der Waals surface area contributed by atoms with E-state index in [0.717, 1.165) is 25.4 Å². The van der Waals surface area contributed by atoms with Crippen LogP contribution in [0.2, 0.25) is 0 Å². The molecule has 1 heterocycles. The second-order valence-corrected chi connectivity index (χ2v) is 4.93. The van der Waals surface area contributed by atoms with Gasteiger partial charge in [-0.25, -0.2) is 4.98 Å². The Morgan fingerprint density at radius 1 is 1.50 bits per heavy atom. The van der Waals surface area contributed by atoms with Crippen molar-refractivity contribution >= 4 is 0 Å². The molecule has 88 valence electrons. The molecule has 2 aliphatic rings. The van der Waals surface area contributed by atoms with Gasteiger partial charge in [-0.3, -0.25) is 0 Å². The summed E-state index contributed by atoms with van der Waals surface area (Å²) in [7, 11) is 1.79. The standard InChI is InChI=1S/C12H19N3O/c1-16-12-4-9(5-12)14-7-11-6-13-8-15(11)10-2-3-10/h6,8-10,12,14H,2-5,7H2,1H3. The number of methoxy groups -OCH3 is 1. The van der Waals surface area contributed by atoms with Gasteiger partial charge in [-0.15, -0.1) is 0 Å². The number of rotatable bonds is 5. The fourth-order valence-corrected chi connectivity index (χ4v) is 2.32. The monoisotopic (exact) mass is 221 g/mol. The Bertz CT molecular complexity index is 353. The third kappa shape index (κ3) is 1.99. The first-order valence-corrected chi connectivity index (χ1v) is 6.13. The highest BCUT2D eigenvalue weighted by molar-refractivity contribution is 5.04. The van der Waals surface area contributed by atoms with E-state index in [2.05, 4.69) is 14.9 Å². The first-order chi connectivity index (χ1) is 7.86. The smallest absolute Gasteiger partial charge is 0.0951 e. The molecule has 0 saturated heterocycles. The van der Waals surface area contributed by atoms with Crippen LogP contribution in [0.5, 0.6) is 0 Å². The molecule has 1 aromatic heterocycles. The highest BCUT2D eigenvalue weighted by atomic mass is 16.5. The quantitative estimate of drug-likeness (QED) is 0.818. The SMILES string of the molecule is COC1CC(NCc2cncn2C2CC2)C1. The van der Waals surface area contributed by atoms with Gasteiger partial charge in [0.2, 0.25) is 0 Å². The Morgan fingerprint density at radius 3 is 3.00 bits per heavy atom. The average Bonchev–Trinajstić information content (AvgIpc) is 2.97. The summed E-state index contributed by atoms with van der Waals surface area (Å²) in [6, 6.07) is 1.36. The maximum atomic E-state index is 5.27. The minimum absolute atomic E-state index is 0.478. The van der Waals surface area contributed by atoms with Crippen LogP contribution in [0.4, 0.5) is 0 Å². The molecule has 2 fully saturated rings. The maximum absolute atomic E-state index is 5.27. The van der Waals surface area contributed by atoms with E-state index in [4.69, 9.17) is 4.74 Å². The van der Waals surface area contributed by atoms with E-state index in [1.807, 2.05) is 12.5 Å². The molecule has 0 amide bonds. The first-order valence-electron chi connectivity index (χ1n) is 6.13. The zero-order chi connectivity index (χ0) is 11.0. The molecule has 0 aromatic carbocycles. The van der Waals surface area contributed by atoms with Crippen LogP contribution in [0.3, 0.4) is 0 Å². The lowest BCUT2D eigenvalue weighted by Crippen LogP contribution is -2.44. The van der Waals surface area contributed by atoms with E-state index >= 15 is 0 Å². The van der Waals surface area contributed by atoms with Crippen molar-refractivity contribution in [2.75, 3.05) is 7.11 Å². The molecular weight excluding hydrogens is 202 g/mol. The van der Waals surface area contributed by atoms with E-state index in [1.165, 1.54) is 18.5 Å². The Labute approximate surface area is 96.0 Å². The summed E-state index contributed by atoms with van der Waals surface area (Å²) in [5.74, 6) is 0. The summed E-state index contributed by atoms with van der Waals surface area (Å²) in [4.78, 5) is 4.23. The topological polar surface area (TPSA) is 39.1 Å². The number of hydrogen-bond acceptors (Lipinski definition) is 3. The van der Waals surface area contributed by atoms with Crippen LogP contribution < -0.4 is 5.32 Å². The molecule has 0 radical (unpaired) electrons. The number of nitrogens with one attached hydrogen (secondary N) is 1. The van der Waals surface area contributed by atoms with E-state index < -0.39 is 0 Å². The largest absolute Gasteiger partial charge is 0.381 e. The van der Waals surface area contributed by atoms with Crippen molar-refractivity contribution in [3.8, 4) is 0 Å². The highest BCUT2D eigenvalue weighted by Crippen LogP contribution is 2.35. The molecule has 1 N–H and O–H groups in total. The predicted molar refractivity (Wildman–Crippen MR) is 61.2 cm³/mol. The third-order valence-electron chi connectivity index (χ3n) is 3.69. The molecule has 3 rings (SSSR count). The van der Waals surface area contributed by atoms with Crippen LogP contribution in [0.25, 0.3) is 0 Å². The van der Waals surface area contributed by atoms with Crippen molar-refractivity contribution in [2.45, 2.75) is 50.4 Å². The third-order valence-corrected chi connectivity index (χ3v) is 3.69. The summed E-state index contributed by atoms with van der Waals surface area (Å²) in [6.07, 6.45) is 9.36. The van der Waals surface area contributed by atoms with Crippen LogP contribution >= 0.6 is 0 Å². The van der Waals surface area contributed by atoms with Crippen LogP contribution in [-0.2, 0) is 11.3 Å². The highest BCUT2D eigenvalue weighted by Gasteiger charge is 2.29. The van der Waals surface area contributed by atoms with Gasteiger partial charge < -0.3 is 14.6 Å². The zero-order valence-corrected chi connectivity index (χ0v) is 9.72. The summed E-state index contributed by atoms with van der Waals surface area (Å²) >= 11 is 0. The van der Waals surface area contributed by atoms with Gasteiger partial charge in [-0.2, -0.15) is 0 Å². The molecule has 0 bridgehead atoms. The molecule has 0 spiro atoms. The van der Waals surface area contributed by atoms with E-state index in [-0.39, 0.29) is 0 Å². The molecule has 0 aliphatic heterocycles. The van der Waals surface area contributed by atoms with Crippen LogP contribution in [-0.4, -0.2) is 28.8 Å². The molecule has 16 heavy (non-hydrogen) atoms. The van der Waals surface area contributed by atoms with Gasteiger partial charge in [0.05, 0.1) is 18.1 Å². The van der Waals surface area contributed by atoms with Gasteiger partial charge in [0.25, 0.3) is 0 Å². The van der Waals surface area contributed by atoms with E-state index in [9.17, 15) is 0 Å². The van der Waals surface area contributed by atoms with Crippen molar-refractivity contribution in [1.29, 1.82) is 0 Å². The number of ether oxygens (including phenoxy) is 1. The lowest BCUT2D eigenvalue weighted by Gasteiger charge is -2.34. The lowest BCUT2D eigenvalue weighted by molar-refractivity contribution is 0.0168. The van der Waals surface area contributed by atoms with Gasteiger partial charge in [-0.1, -0.05) is 0 Å². The molecular formula is C12H19N3O. The Morgan fingerprint density at radius 2 is 2.31 bits per heavy atom. The number of aromatic nitrogens is 2. The summed E-state index contributed by atoms with van der Waals surface area (Å²) < 4.78 is 7.59. The Balaban J connectivity index is 1.49. The van der Waals surface area contributed by atoms with Crippen molar-refractivity contribution in [1.82, 2.24) is 14.9 Å². The minimum atomic E-state index is 0.478. The predicted octanol–water partition coefficient (Wildman–Crippen LogP) is 1.48. The fourth-order valence-electron chi connectivity index (χ4n) is 2.32. The summed E-state index contributed by atoms with van der Waals surface area (Å²) in [5, 5.41) is 3.57. The van der Waals surface area contributed by atoms with Gasteiger partial charge in [0.15, 0.2) is 0 Å². The van der Waals surface area contributed by atoms with Crippen LogP contribution in [0, 0.1) is 0 Å². The minimum Gasteiger partial charge on any atom is -0.381 e. The first kappa shape index (κ1) is 10.3. The maximum Gasteiger partial charge on any atom is 0.0951 e. The van der Waals surface area contributed by atoms with Gasteiger partial charge >= 0.3 is 0 Å². The van der Waals surface area contributed by atoms with Gasteiger partial charge in [0.1, 0.15) is 0 Å². The molecule has 2 aliphatic carbocycles. The van der Waals surface area contributed by atoms with Crippen molar-refractivity contribution in [2.24, 2.45) is 0 Å². The normalized spacial score (nSPS) is 29.1. The number of imidazole rings is 1. The second-order valence-electron chi connectivity index (χ2n) is 4.93.